The third kappa shape index (κ3) is 7.03. The lowest BCUT2D eigenvalue weighted by Gasteiger charge is -2.02. The lowest BCUT2D eigenvalue weighted by Crippen LogP contribution is -2.15. The summed E-state index contributed by atoms with van der Waals surface area (Å²) in [5.74, 6) is -0.329. The van der Waals surface area contributed by atoms with E-state index in [9.17, 15) is 9.18 Å². The van der Waals surface area contributed by atoms with Crippen LogP contribution in [-0.4, -0.2) is 42.5 Å². The van der Waals surface area contributed by atoms with Crippen LogP contribution in [-0.2, 0) is 0 Å². The van der Waals surface area contributed by atoms with Gasteiger partial charge in [-0.05, 0) is 32.0 Å². The van der Waals surface area contributed by atoms with E-state index in [1.165, 1.54) is 6.07 Å². The normalized spacial score (nSPS) is 17.9. The van der Waals surface area contributed by atoms with Crippen LogP contribution in [0.2, 0.25) is 0 Å². The van der Waals surface area contributed by atoms with Gasteiger partial charge in [-0.3, -0.25) is 4.79 Å². The Morgan fingerprint density at radius 3 is 2.37 bits per heavy atom. The molecule has 2 rings (SSSR count). The average Bonchev–Trinajstić information content (AvgIpc) is 2.80. The number of aliphatic hydroxyl groups excluding tert-OH is 1. The molecule has 0 saturated carbocycles. The van der Waals surface area contributed by atoms with E-state index in [0.29, 0.717) is 17.4 Å². The number of aliphatic hydroxyl groups is 1. The van der Waals surface area contributed by atoms with Crippen molar-refractivity contribution in [2.24, 2.45) is 0 Å². The number of likely N-dealkylation sites (tertiary alicyclic amines) is 1. The zero-order chi connectivity index (χ0) is 14.8. The van der Waals surface area contributed by atoms with Crippen molar-refractivity contribution in [3.63, 3.8) is 0 Å². The summed E-state index contributed by atoms with van der Waals surface area (Å²) in [6.07, 6.45) is 1.53. The summed E-state index contributed by atoms with van der Waals surface area (Å²) in [6, 6.07) is 4.40. The van der Waals surface area contributed by atoms with Gasteiger partial charge in [-0.2, -0.15) is 0 Å². The Morgan fingerprint density at radius 2 is 2.05 bits per heavy atom. The Hall–Kier alpha value is -1.26. The molecule has 0 bridgehead atoms. The van der Waals surface area contributed by atoms with Crippen LogP contribution >= 0.6 is 0 Å². The molecule has 19 heavy (non-hydrogen) atoms. The maximum absolute atomic E-state index is 12.6. The molecular weight excluding hydrogens is 245 g/mol. The zero-order valence-electron chi connectivity index (χ0n) is 12.2. The van der Waals surface area contributed by atoms with Crippen LogP contribution in [0.3, 0.4) is 0 Å². The average molecular weight is 269 g/mol. The second-order valence-electron chi connectivity index (χ2n) is 4.33. The number of likely N-dealkylation sites (N-methyl/N-ethyl adjacent to an activating group) is 1. The van der Waals surface area contributed by atoms with E-state index in [4.69, 9.17) is 5.11 Å². The molecule has 1 heterocycles. The fourth-order valence-electron chi connectivity index (χ4n) is 1.59. The quantitative estimate of drug-likeness (QED) is 0.797. The third-order valence-corrected chi connectivity index (χ3v) is 2.70. The van der Waals surface area contributed by atoms with Crippen molar-refractivity contribution in [2.45, 2.75) is 33.3 Å². The van der Waals surface area contributed by atoms with Crippen LogP contribution in [0.25, 0.3) is 0 Å². The molecule has 0 radical (unpaired) electrons. The predicted molar refractivity (Wildman–Crippen MR) is 76.0 cm³/mol. The lowest BCUT2D eigenvalue weighted by molar-refractivity contribution is 0.112. The molecule has 1 fully saturated rings. The first-order valence-electron chi connectivity index (χ1n) is 6.61. The molecule has 1 N–H and O–H groups in total. The Bertz CT molecular complexity index is 374. The number of nitrogens with zero attached hydrogens (tertiary/aromatic N) is 1. The van der Waals surface area contributed by atoms with E-state index in [0.717, 1.165) is 19.5 Å². The van der Waals surface area contributed by atoms with Crippen LogP contribution < -0.4 is 0 Å². The minimum atomic E-state index is -0.329. The highest BCUT2D eigenvalue weighted by molar-refractivity contribution is 5.74. The lowest BCUT2D eigenvalue weighted by atomic mass is 10.1. The summed E-state index contributed by atoms with van der Waals surface area (Å²) in [7, 11) is 2.02. The number of rotatable bonds is 1. The molecule has 0 unspecified atom stereocenters. The van der Waals surface area contributed by atoms with Gasteiger partial charge in [-0.25, -0.2) is 4.39 Å². The monoisotopic (exact) mass is 269 g/mol. The SMILES string of the molecule is CC.CN1CC[C@@H](O)C1.Cc1ccc(C=O)cc1F. The van der Waals surface area contributed by atoms with Gasteiger partial charge in [0.2, 0.25) is 0 Å². The number of carbonyl (C=O) groups excluding carboxylic acids is 1. The topological polar surface area (TPSA) is 40.5 Å². The molecule has 1 aliphatic rings. The van der Waals surface area contributed by atoms with Crippen molar-refractivity contribution >= 4 is 6.29 Å². The molecule has 1 atom stereocenters. The molecule has 1 aliphatic heterocycles. The molecule has 0 aliphatic carbocycles. The second kappa shape index (κ2) is 9.64. The molecule has 108 valence electrons. The van der Waals surface area contributed by atoms with E-state index < -0.39 is 0 Å². The van der Waals surface area contributed by atoms with Crippen molar-refractivity contribution in [1.82, 2.24) is 4.90 Å². The van der Waals surface area contributed by atoms with E-state index >= 15 is 0 Å². The van der Waals surface area contributed by atoms with Gasteiger partial charge < -0.3 is 10.0 Å². The Morgan fingerprint density at radius 1 is 1.42 bits per heavy atom. The first kappa shape index (κ1) is 17.7. The number of aldehydes is 1. The van der Waals surface area contributed by atoms with Gasteiger partial charge in [0, 0.05) is 18.7 Å². The molecular formula is C15H24FNO2. The van der Waals surface area contributed by atoms with Gasteiger partial charge in [-0.1, -0.05) is 26.0 Å². The van der Waals surface area contributed by atoms with Crippen molar-refractivity contribution in [1.29, 1.82) is 0 Å². The number of hydrogen-bond donors (Lipinski definition) is 1. The van der Waals surface area contributed by atoms with Crippen LogP contribution in [0.15, 0.2) is 18.2 Å². The predicted octanol–water partition coefficient (Wildman–Crippen LogP) is 2.66. The number of hydrogen-bond acceptors (Lipinski definition) is 3. The first-order chi connectivity index (χ1) is 9.02. The first-order valence-corrected chi connectivity index (χ1v) is 6.61. The van der Waals surface area contributed by atoms with E-state index in [2.05, 4.69) is 4.90 Å². The van der Waals surface area contributed by atoms with Crippen LogP contribution in [0.5, 0.6) is 0 Å². The van der Waals surface area contributed by atoms with Gasteiger partial charge in [-0.15, -0.1) is 0 Å². The highest BCUT2D eigenvalue weighted by atomic mass is 19.1. The molecule has 0 spiro atoms. The van der Waals surface area contributed by atoms with Gasteiger partial charge in [0.15, 0.2) is 0 Å². The molecule has 0 amide bonds. The molecule has 0 aromatic heterocycles. The highest BCUT2D eigenvalue weighted by Gasteiger charge is 2.15. The summed E-state index contributed by atoms with van der Waals surface area (Å²) >= 11 is 0. The summed E-state index contributed by atoms with van der Waals surface area (Å²) < 4.78 is 12.6. The minimum Gasteiger partial charge on any atom is -0.392 e. The maximum Gasteiger partial charge on any atom is 0.150 e. The minimum absolute atomic E-state index is 0.0509. The van der Waals surface area contributed by atoms with Gasteiger partial charge in [0.1, 0.15) is 12.1 Å². The smallest absolute Gasteiger partial charge is 0.150 e. The molecule has 1 saturated heterocycles. The van der Waals surface area contributed by atoms with Gasteiger partial charge in [0.25, 0.3) is 0 Å². The number of halogens is 1. The summed E-state index contributed by atoms with van der Waals surface area (Å²) in [5, 5.41) is 8.86. The highest BCUT2D eigenvalue weighted by Crippen LogP contribution is 2.06. The number of β-amino-alcohol motifs (C(OH)–C–C–N with tert-alkyl or cyclic N) is 1. The van der Waals surface area contributed by atoms with E-state index in [1.54, 1.807) is 19.1 Å². The molecule has 3 nitrogen and oxygen atoms in total. The number of aryl methyl sites for hydroxylation is 1. The van der Waals surface area contributed by atoms with Crippen molar-refractivity contribution in [3.8, 4) is 0 Å². The summed E-state index contributed by atoms with van der Waals surface area (Å²) in [6.45, 7) is 7.57. The Kier molecular flexibility index (Phi) is 9.00. The van der Waals surface area contributed by atoms with Crippen molar-refractivity contribution in [2.75, 3.05) is 20.1 Å². The zero-order valence-corrected chi connectivity index (χ0v) is 12.2. The van der Waals surface area contributed by atoms with Crippen molar-refractivity contribution in [3.05, 3.63) is 35.1 Å². The van der Waals surface area contributed by atoms with E-state index in [1.807, 2.05) is 20.9 Å². The fraction of sp³-hybridized carbons (Fsp3) is 0.533. The fourth-order valence-corrected chi connectivity index (χ4v) is 1.59. The number of carbonyl (C=O) groups is 1. The standard InChI is InChI=1S/C8H7FO.C5H11NO.C2H6/c1-6-2-3-7(5-10)4-8(6)9;1-6-3-2-5(7)4-6;1-2/h2-5H,1H3;5,7H,2-4H2,1H3;1-2H3/t;5-;/m.1./s1. The van der Waals surface area contributed by atoms with Gasteiger partial charge in [0.05, 0.1) is 6.10 Å². The Balaban J connectivity index is 0.000000316. The van der Waals surface area contributed by atoms with Gasteiger partial charge >= 0.3 is 0 Å². The molecule has 1 aromatic carbocycles. The van der Waals surface area contributed by atoms with Crippen LogP contribution in [0.1, 0.15) is 36.2 Å². The summed E-state index contributed by atoms with van der Waals surface area (Å²) in [4.78, 5) is 12.2. The second-order valence-corrected chi connectivity index (χ2v) is 4.33. The van der Waals surface area contributed by atoms with Crippen LogP contribution in [0, 0.1) is 12.7 Å². The summed E-state index contributed by atoms with van der Waals surface area (Å²) in [5.41, 5.74) is 0.939. The van der Waals surface area contributed by atoms with Crippen LogP contribution in [0.4, 0.5) is 4.39 Å². The number of benzene rings is 1. The largest absolute Gasteiger partial charge is 0.392 e. The third-order valence-electron chi connectivity index (χ3n) is 2.70. The maximum atomic E-state index is 12.6. The molecule has 1 aromatic rings. The van der Waals surface area contributed by atoms with Crippen molar-refractivity contribution < 1.29 is 14.3 Å². The van der Waals surface area contributed by atoms with E-state index in [-0.39, 0.29) is 11.9 Å². The molecule has 4 heteroatoms. The Labute approximate surface area is 115 Å².